The minimum Gasteiger partial charge on any atom is -0.550 e. The summed E-state index contributed by atoms with van der Waals surface area (Å²) >= 11 is 0. The van der Waals surface area contributed by atoms with Crippen molar-refractivity contribution < 1.29 is 61.3 Å². The van der Waals surface area contributed by atoms with E-state index in [-0.39, 0.29) is 51.4 Å². The molecule has 0 radical (unpaired) electrons. The van der Waals surface area contributed by atoms with E-state index in [9.17, 15) is 9.90 Å². The summed E-state index contributed by atoms with van der Waals surface area (Å²) in [5.41, 5.74) is 1.04. The van der Waals surface area contributed by atoms with Gasteiger partial charge in [-0.25, -0.2) is 0 Å². The molecule has 0 saturated carbocycles. The van der Waals surface area contributed by atoms with Crippen molar-refractivity contribution in [1.29, 1.82) is 0 Å². The predicted molar refractivity (Wildman–Crippen MR) is 44.3 cm³/mol. The Hall–Kier alpha value is 0.326. The Kier molecular flexibility index (Phi) is 6.90. The number of carbonyl (C=O) groups excluding carboxylic acids is 1. The van der Waals surface area contributed by atoms with Crippen molar-refractivity contribution in [3.63, 3.8) is 0 Å². The van der Waals surface area contributed by atoms with E-state index < -0.39 is 11.9 Å². The summed E-state index contributed by atoms with van der Waals surface area (Å²) in [7, 11) is 0. The summed E-state index contributed by atoms with van der Waals surface area (Å²) in [5, 5.41) is 10.4. The molecule has 0 bridgehead atoms. The van der Waals surface area contributed by atoms with Crippen molar-refractivity contribution in [3.8, 4) is 0 Å². The zero-order chi connectivity index (χ0) is 8.97. The normalized spacial score (nSPS) is 11.5. The van der Waals surface area contributed by atoms with Crippen LogP contribution in [0, 0.1) is 5.92 Å². The van der Waals surface area contributed by atoms with Gasteiger partial charge in [-0.05, 0) is 17.9 Å². The Labute approximate surface area is 121 Å². The first kappa shape index (κ1) is 13.3. The van der Waals surface area contributed by atoms with Crippen LogP contribution in [-0.4, -0.2) is 5.97 Å². The Morgan fingerprint density at radius 3 is 2.38 bits per heavy atom. The molecule has 0 aliphatic rings. The van der Waals surface area contributed by atoms with E-state index in [1.165, 1.54) is 0 Å². The van der Waals surface area contributed by atoms with E-state index in [1.54, 1.807) is 6.92 Å². The number of carbonyl (C=O) groups is 1. The maximum Gasteiger partial charge on any atom is 1.00 e. The zero-order valence-corrected chi connectivity index (χ0v) is 11.1. The van der Waals surface area contributed by atoms with Gasteiger partial charge in [0.1, 0.15) is 0 Å². The van der Waals surface area contributed by atoms with Crippen LogP contribution in [0.1, 0.15) is 12.5 Å². The predicted octanol–water partition coefficient (Wildman–Crippen LogP) is -2.38. The largest absolute Gasteiger partial charge is 1.00 e. The third kappa shape index (κ3) is 4.93. The molecule has 0 amide bonds. The molecule has 64 valence electrons. The van der Waals surface area contributed by atoms with Gasteiger partial charge in [0, 0.05) is 5.97 Å². The van der Waals surface area contributed by atoms with Crippen molar-refractivity contribution in [2.75, 3.05) is 0 Å². The van der Waals surface area contributed by atoms with Gasteiger partial charge in [-0.1, -0.05) is 37.3 Å². The summed E-state index contributed by atoms with van der Waals surface area (Å²) < 4.78 is 0. The van der Waals surface area contributed by atoms with E-state index in [2.05, 4.69) is 0 Å². The smallest absolute Gasteiger partial charge is 0.550 e. The molecule has 13 heavy (non-hydrogen) atoms. The Morgan fingerprint density at radius 2 is 1.92 bits per heavy atom. The van der Waals surface area contributed by atoms with Crippen molar-refractivity contribution in [2.45, 2.75) is 13.3 Å². The van der Waals surface area contributed by atoms with Crippen molar-refractivity contribution >= 4 is 5.97 Å². The fourth-order valence-electron chi connectivity index (χ4n) is 1.05. The number of hydrogen-bond donors (Lipinski definition) is 0. The molecule has 0 saturated heterocycles. The quantitative estimate of drug-likeness (QED) is 0.514. The molecule has 1 aromatic rings. The van der Waals surface area contributed by atoms with Crippen LogP contribution in [-0.2, 0) is 11.2 Å². The minimum atomic E-state index is -0.987. The van der Waals surface area contributed by atoms with Crippen molar-refractivity contribution in [2.24, 2.45) is 5.92 Å². The molecule has 1 aromatic carbocycles. The summed E-state index contributed by atoms with van der Waals surface area (Å²) in [6.45, 7) is 1.66. The van der Waals surface area contributed by atoms with E-state index in [0.29, 0.717) is 6.42 Å². The van der Waals surface area contributed by atoms with E-state index >= 15 is 0 Å². The van der Waals surface area contributed by atoms with Crippen LogP contribution in [0.5, 0.6) is 0 Å². The van der Waals surface area contributed by atoms with Gasteiger partial charge >= 0.3 is 51.4 Å². The van der Waals surface area contributed by atoms with Crippen LogP contribution >= 0.6 is 0 Å². The summed E-state index contributed by atoms with van der Waals surface area (Å²) in [6, 6.07) is 9.54. The van der Waals surface area contributed by atoms with Crippen LogP contribution in [0.2, 0.25) is 0 Å². The van der Waals surface area contributed by atoms with Gasteiger partial charge in [0.25, 0.3) is 0 Å². The fourth-order valence-corrected chi connectivity index (χ4v) is 1.05. The van der Waals surface area contributed by atoms with Crippen LogP contribution < -0.4 is 56.5 Å². The molecule has 0 aromatic heterocycles. The van der Waals surface area contributed by atoms with Gasteiger partial charge in [-0.15, -0.1) is 0 Å². The first-order chi connectivity index (χ1) is 5.70. The van der Waals surface area contributed by atoms with Crippen molar-refractivity contribution in [3.05, 3.63) is 35.9 Å². The molecule has 0 aliphatic heterocycles. The molecule has 0 fully saturated rings. The molecule has 2 nitrogen and oxygen atoms in total. The Morgan fingerprint density at radius 1 is 1.38 bits per heavy atom. The van der Waals surface area contributed by atoms with Gasteiger partial charge in [-0.3, -0.25) is 0 Å². The molecule has 1 atom stereocenters. The fraction of sp³-hybridized carbons (Fsp3) is 0.300. The number of hydrogen-bond acceptors (Lipinski definition) is 2. The average Bonchev–Trinajstić information content (AvgIpc) is 2.06. The van der Waals surface area contributed by atoms with Gasteiger partial charge in [0.2, 0.25) is 0 Å². The SMILES string of the molecule is CC(Cc1ccccc1)C(=O)[O-].[K+]. The third-order valence-electron chi connectivity index (χ3n) is 1.79. The molecular formula is C10H11KO2. The van der Waals surface area contributed by atoms with Crippen LogP contribution in [0.4, 0.5) is 0 Å². The second-order valence-corrected chi connectivity index (χ2v) is 2.91. The standard InChI is InChI=1S/C10H12O2.K/c1-8(10(11)12)7-9-5-3-2-4-6-9;/h2-6,8H,7H2,1H3,(H,11,12);/q;+1/p-1. The first-order valence-electron chi connectivity index (χ1n) is 3.95. The summed E-state index contributed by atoms with van der Waals surface area (Å²) in [6.07, 6.45) is 0.545. The molecular weight excluding hydrogens is 191 g/mol. The van der Waals surface area contributed by atoms with Crippen LogP contribution in [0.25, 0.3) is 0 Å². The number of aliphatic carboxylic acids is 1. The average molecular weight is 202 g/mol. The minimum absolute atomic E-state index is 0. The van der Waals surface area contributed by atoms with Crippen LogP contribution in [0.15, 0.2) is 30.3 Å². The van der Waals surface area contributed by atoms with Gasteiger partial charge in [0.15, 0.2) is 0 Å². The molecule has 1 unspecified atom stereocenters. The third-order valence-corrected chi connectivity index (χ3v) is 1.79. The number of rotatable bonds is 3. The summed E-state index contributed by atoms with van der Waals surface area (Å²) in [5.74, 6) is -1.40. The molecule has 0 aliphatic carbocycles. The molecule has 3 heteroatoms. The Bertz CT molecular complexity index is 259. The number of benzene rings is 1. The van der Waals surface area contributed by atoms with E-state index in [4.69, 9.17) is 0 Å². The number of carboxylic acid groups (broad SMARTS) is 1. The molecule has 0 heterocycles. The van der Waals surface area contributed by atoms with Gasteiger partial charge < -0.3 is 9.90 Å². The summed E-state index contributed by atoms with van der Waals surface area (Å²) in [4.78, 5) is 10.4. The topological polar surface area (TPSA) is 40.1 Å². The molecule has 0 N–H and O–H groups in total. The monoisotopic (exact) mass is 202 g/mol. The Balaban J connectivity index is 0.00000144. The van der Waals surface area contributed by atoms with Crippen molar-refractivity contribution in [1.82, 2.24) is 0 Å². The van der Waals surface area contributed by atoms with E-state index in [0.717, 1.165) is 5.56 Å². The molecule has 0 spiro atoms. The second kappa shape index (κ2) is 6.73. The van der Waals surface area contributed by atoms with Crippen LogP contribution in [0.3, 0.4) is 0 Å². The second-order valence-electron chi connectivity index (χ2n) is 2.91. The maximum absolute atomic E-state index is 10.4. The number of carboxylic acids is 1. The first-order valence-corrected chi connectivity index (χ1v) is 3.95. The van der Waals surface area contributed by atoms with E-state index in [1.807, 2.05) is 30.3 Å². The van der Waals surface area contributed by atoms with Gasteiger partial charge in [0.05, 0.1) is 0 Å². The zero-order valence-electron chi connectivity index (χ0n) is 7.99. The van der Waals surface area contributed by atoms with Gasteiger partial charge in [-0.2, -0.15) is 0 Å². The maximum atomic E-state index is 10.4. The molecule has 1 rings (SSSR count).